The maximum Gasteiger partial charge on any atom is 0.222 e. The molecule has 0 aliphatic heterocycles. The van der Waals surface area contributed by atoms with E-state index in [1.807, 2.05) is 12.1 Å². The number of carbonyl (C=O) groups excluding carboxylic acids is 1. The lowest BCUT2D eigenvalue weighted by Gasteiger charge is -2.27. The molecule has 2 N–H and O–H groups in total. The van der Waals surface area contributed by atoms with Gasteiger partial charge in [0.05, 0.1) is 12.2 Å². The quantitative estimate of drug-likeness (QED) is 0.546. The summed E-state index contributed by atoms with van der Waals surface area (Å²) in [6.07, 6.45) is 6.30. The Balaban J connectivity index is 1.56. The molecule has 0 bridgehead atoms. The van der Waals surface area contributed by atoms with E-state index in [0.29, 0.717) is 17.4 Å². The monoisotopic (exact) mass is 391 g/mol. The first-order chi connectivity index (χ1) is 12.9. The van der Waals surface area contributed by atoms with Crippen molar-refractivity contribution >= 4 is 17.5 Å². The van der Waals surface area contributed by atoms with Crippen LogP contribution in [0.5, 0.6) is 0 Å². The van der Waals surface area contributed by atoms with Crippen molar-refractivity contribution in [1.82, 2.24) is 4.90 Å². The van der Waals surface area contributed by atoms with Gasteiger partial charge in [0.1, 0.15) is 0 Å². The Bertz CT molecular complexity index is 703. The molecule has 1 saturated carbocycles. The molecule has 2 aliphatic carbocycles. The summed E-state index contributed by atoms with van der Waals surface area (Å²) in [7, 11) is 3.58. The average molecular weight is 392 g/mol. The van der Waals surface area contributed by atoms with Gasteiger partial charge in [-0.3, -0.25) is 4.79 Å². The Labute approximate surface area is 166 Å². The van der Waals surface area contributed by atoms with Gasteiger partial charge in [0, 0.05) is 31.5 Å². The van der Waals surface area contributed by atoms with Crippen LogP contribution in [0.2, 0.25) is 5.02 Å². The van der Waals surface area contributed by atoms with Gasteiger partial charge in [0.2, 0.25) is 5.91 Å². The highest BCUT2D eigenvalue weighted by molar-refractivity contribution is 6.30. The van der Waals surface area contributed by atoms with E-state index in [9.17, 15) is 15.0 Å². The van der Waals surface area contributed by atoms with Gasteiger partial charge >= 0.3 is 0 Å². The molecule has 5 atom stereocenters. The normalized spacial score (nSPS) is 28.0. The van der Waals surface area contributed by atoms with Gasteiger partial charge in [-0.1, -0.05) is 35.4 Å². The lowest BCUT2D eigenvalue weighted by molar-refractivity contribution is -0.128. The number of aliphatic hydroxyl groups excluding tert-OH is 2. The molecule has 0 heterocycles. The molecule has 1 amide bonds. The Morgan fingerprint density at radius 3 is 2.81 bits per heavy atom. The summed E-state index contributed by atoms with van der Waals surface area (Å²) in [5.74, 6) is 0.655. The summed E-state index contributed by atoms with van der Waals surface area (Å²) >= 11 is 6.07. The molecule has 4 nitrogen and oxygen atoms in total. The minimum absolute atomic E-state index is 0.155. The fourth-order valence-electron chi connectivity index (χ4n) is 4.73. The molecule has 2 aliphatic rings. The van der Waals surface area contributed by atoms with Gasteiger partial charge < -0.3 is 15.1 Å². The van der Waals surface area contributed by atoms with Gasteiger partial charge in [-0.15, -0.1) is 0 Å². The lowest BCUT2D eigenvalue weighted by Crippen LogP contribution is -2.26. The molecule has 0 radical (unpaired) electrons. The molecule has 0 spiro atoms. The molecule has 0 aromatic heterocycles. The zero-order valence-corrected chi connectivity index (χ0v) is 16.9. The molecule has 0 saturated heterocycles. The highest BCUT2D eigenvalue weighted by atomic mass is 35.5. The minimum Gasteiger partial charge on any atom is -0.393 e. The Morgan fingerprint density at radius 1 is 1.33 bits per heavy atom. The van der Waals surface area contributed by atoms with E-state index < -0.39 is 12.2 Å². The number of amides is 1. The largest absolute Gasteiger partial charge is 0.393 e. The fraction of sp³-hybridized carbons (Fsp3) is 0.591. The third kappa shape index (κ3) is 4.74. The summed E-state index contributed by atoms with van der Waals surface area (Å²) in [6.45, 7) is 0. The number of hydrogen-bond acceptors (Lipinski definition) is 3. The number of aliphatic hydroxyl groups is 2. The highest BCUT2D eigenvalue weighted by Gasteiger charge is 2.47. The van der Waals surface area contributed by atoms with Crippen LogP contribution in [0, 0.1) is 17.8 Å². The first kappa shape index (κ1) is 20.4. The maximum atomic E-state index is 11.7. The Kier molecular flexibility index (Phi) is 6.61. The predicted molar refractivity (Wildman–Crippen MR) is 107 cm³/mol. The second-order valence-electron chi connectivity index (χ2n) is 8.23. The van der Waals surface area contributed by atoms with Crippen molar-refractivity contribution in [3.05, 3.63) is 46.5 Å². The van der Waals surface area contributed by atoms with E-state index in [4.69, 9.17) is 11.6 Å². The standard InChI is InChI=1S/C22H30ClNO3/c1-24(2)20(26)9-4-3-6-14-10-16-13-19(25)21(18(16)11-14)22(27)15-7-5-8-17(23)12-15/h5,7-8,10,12,16,18-19,21-22,25,27H,3-4,6,9,11,13H2,1-2H3/t16-,18-,19+,21+,22+/m0/s1. The van der Waals surface area contributed by atoms with Crippen molar-refractivity contribution in [1.29, 1.82) is 0 Å². The molecule has 3 rings (SSSR count). The smallest absolute Gasteiger partial charge is 0.222 e. The number of allylic oxidation sites excluding steroid dienone is 2. The van der Waals surface area contributed by atoms with E-state index in [-0.39, 0.29) is 17.7 Å². The second kappa shape index (κ2) is 8.76. The van der Waals surface area contributed by atoms with E-state index in [2.05, 4.69) is 6.08 Å². The van der Waals surface area contributed by atoms with Gasteiger partial charge in [-0.2, -0.15) is 0 Å². The molecule has 148 valence electrons. The third-order valence-corrected chi connectivity index (χ3v) is 6.38. The molecule has 1 aromatic rings. The average Bonchev–Trinajstić information content (AvgIpc) is 3.13. The second-order valence-corrected chi connectivity index (χ2v) is 8.67. The van der Waals surface area contributed by atoms with Crippen molar-refractivity contribution in [2.45, 2.75) is 50.7 Å². The van der Waals surface area contributed by atoms with Gasteiger partial charge in [0.25, 0.3) is 0 Å². The van der Waals surface area contributed by atoms with E-state index in [0.717, 1.165) is 37.7 Å². The molecular weight excluding hydrogens is 362 g/mol. The zero-order valence-electron chi connectivity index (χ0n) is 16.1. The molecular formula is C22H30ClNO3. The summed E-state index contributed by atoms with van der Waals surface area (Å²) in [4.78, 5) is 13.3. The van der Waals surface area contributed by atoms with Gasteiger partial charge in [-0.05, 0) is 61.6 Å². The van der Waals surface area contributed by atoms with Crippen molar-refractivity contribution in [3.8, 4) is 0 Å². The first-order valence-corrected chi connectivity index (χ1v) is 10.3. The number of rotatable bonds is 7. The summed E-state index contributed by atoms with van der Waals surface area (Å²) in [5.41, 5.74) is 2.19. The van der Waals surface area contributed by atoms with E-state index in [1.54, 1.807) is 31.1 Å². The number of benzene rings is 1. The van der Waals surface area contributed by atoms with Crippen LogP contribution < -0.4 is 0 Å². The number of carbonyl (C=O) groups is 1. The first-order valence-electron chi connectivity index (χ1n) is 9.88. The molecule has 0 unspecified atom stereocenters. The SMILES string of the molecule is CN(C)C(=O)CCCCC1=C[C@H]2C[C@@H](O)[C@H]([C@H](O)c3cccc(Cl)c3)[C@H]2C1. The van der Waals surface area contributed by atoms with Gasteiger partial charge in [-0.25, -0.2) is 0 Å². The van der Waals surface area contributed by atoms with Crippen LogP contribution >= 0.6 is 11.6 Å². The van der Waals surface area contributed by atoms with Crippen molar-refractivity contribution in [2.75, 3.05) is 14.1 Å². The predicted octanol–water partition coefficient (Wildman–Crippen LogP) is 3.97. The summed E-state index contributed by atoms with van der Waals surface area (Å²) in [5, 5.41) is 22.0. The fourth-order valence-corrected chi connectivity index (χ4v) is 4.93. The molecule has 1 aromatic carbocycles. The third-order valence-electron chi connectivity index (χ3n) is 6.14. The van der Waals surface area contributed by atoms with Crippen molar-refractivity contribution in [3.63, 3.8) is 0 Å². The number of nitrogens with zero attached hydrogens (tertiary/aromatic N) is 1. The number of halogens is 1. The van der Waals surface area contributed by atoms with Gasteiger partial charge in [0.15, 0.2) is 0 Å². The van der Waals surface area contributed by atoms with Crippen molar-refractivity contribution < 1.29 is 15.0 Å². The zero-order chi connectivity index (χ0) is 19.6. The molecule has 1 fully saturated rings. The van der Waals surface area contributed by atoms with Crippen LogP contribution in [0.3, 0.4) is 0 Å². The van der Waals surface area contributed by atoms with Crippen LogP contribution in [-0.4, -0.2) is 41.2 Å². The maximum absolute atomic E-state index is 11.7. The van der Waals surface area contributed by atoms with Crippen LogP contribution in [-0.2, 0) is 4.79 Å². The molecule has 27 heavy (non-hydrogen) atoms. The number of unbranched alkanes of at least 4 members (excludes halogenated alkanes) is 1. The van der Waals surface area contributed by atoms with Crippen LogP contribution in [0.15, 0.2) is 35.9 Å². The Hall–Kier alpha value is -1.36. The number of fused-ring (bicyclic) bond motifs is 1. The Morgan fingerprint density at radius 2 is 2.11 bits per heavy atom. The van der Waals surface area contributed by atoms with Crippen molar-refractivity contribution in [2.24, 2.45) is 17.8 Å². The van der Waals surface area contributed by atoms with Crippen LogP contribution in [0.4, 0.5) is 0 Å². The van der Waals surface area contributed by atoms with Crippen LogP contribution in [0.1, 0.15) is 50.2 Å². The topological polar surface area (TPSA) is 60.8 Å². The minimum atomic E-state index is -0.695. The van der Waals surface area contributed by atoms with E-state index in [1.165, 1.54) is 5.57 Å². The van der Waals surface area contributed by atoms with E-state index >= 15 is 0 Å². The molecule has 5 heteroatoms. The summed E-state index contributed by atoms with van der Waals surface area (Å²) < 4.78 is 0. The summed E-state index contributed by atoms with van der Waals surface area (Å²) in [6, 6.07) is 7.30. The van der Waals surface area contributed by atoms with Crippen LogP contribution in [0.25, 0.3) is 0 Å². The highest BCUT2D eigenvalue weighted by Crippen LogP contribution is 2.51. The number of hydrogen-bond donors (Lipinski definition) is 2. The lowest BCUT2D eigenvalue weighted by atomic mass is 9.82.